The van der Waals surface area contributed by atoms with Crippen LogP contribution in [0.25, 0.3) is 0 Å². The maximum atomic E-state index is 5.57. The Hall–Kier alpha value is -1.09. The van der Waals surface area contributed by atoms with Crippen LogP contribution in [-0.2, 0) is 0 Å². The number of anilines is 1. The van der Waals surface area contributed by atoms with E-state index in [0.29, 0.717) is 11.9 Å². The number of piperidine rings is 1. The summed E-state index contributed by atoms with van der Waals surface area (Å²) in [6.45, 7) is 1.19. The van der Waals surface area contributed by atoms with Gasteiger partial charge < -0.3 is 5.73 Å². The molecule has 0 aromatic carbocycles. The first-order chi connectivity index (χ1) is 6.77. The lowest BCUT2D eigenvalue weighted by atomic mass is 9.97. The summed E-state index contributed by atoms with van der Waals surface area (Å²) in [7, 11) is 2.18. The summed E-state index contributed by atoms with van der Waals surface area (Å²) in [5.74, 6) is 0.604. The van der Waals surface area contributed by atoms with E-state index in [1.165, 1.54) is 31.4 Å². The van der Waals surface area contributed by atoms with E-state index in [2.05, 4.69) is 23.0 Å². The van der Waals surface area contributed by atoms with Gasteiger partial charge in [-0.15, -0.1) is 0 Å². The van der Waals surface area contributed by atoms with Crippen LogP contribution < -0.4 is 5.73 Å². The zero-order chi connectivity index (χ0) is 9.97. The normalized spacial score (nSPS) is 23.6. The van der Waals surface area contributed by atoms with Gasteiger partial charge in [-0.25, -0.2) is 4.98 Å². The van der Waals surface area contributed by atoms with Crippen molar-refractivity contribution >= 4 is 5.82 Å². The molecule has 0 bridgehead atoms. The molecule has 2 heterocycles. The number of nitrogen functional groups attached to an aromatic ring is 1. The van der Waals surface area contributed by atoms with Gasteiger partial charge in [0.1, 0.15) is 5.82 Å². The van der Waals surface area contributed by atoms with E-state index in [9.17, 15) is 0 Å². The number of nitrogens with zero attached hydrogens (tertiary/aromatic N) is 2. The van der Waals surface area contributed by atoms with Gasteiger partial charge in [0.05, 0.1) is 0 Å². The Labute approximate surface area is 84.9 Å². The fraction of sp³-hybridized carbons (Fsp3) is 0.545. The standard InChI is InChI=1S/C11H17N3/c1-14-7-3-2-4-10(14)9-5-6-11(12)13-8-9/h5-6,8,10H,2-4,7H2,1H3,(H2,12,13). The molecule has 0 saturated carbocycles. The van der Waals surface area contributed by atoms with Crippen molar-refractivity contribution in [1.29, 1.82) is 0 Å². The molecule has 1 saturated heterocycles. The number of rotatable bonds is 1. The molecule has 1 aliphatic rings. The molecule has 1 aromatic heterocycles. The number of aromatic nitrogens is 1. The minimum absolute atomic E-state index is 0.539. The first-order valence-corrected chi connectivity index (χ1v) is 5.19. The Kier molecular flexibility index (Phi) is 2.68. The molecule has 1 unspecified atom stereocenters. The summed E-state index contributed by atoms with van der Waals surface area (Å²) < 4.78 is 0. The van der Waals surface area contributed by atoms with E-state index in [1.807, 2.05) is 12.3 Å². The van der Waals surface area contributed by atoms with Crippen molar-refractivity contribution in [2.45, 2.75) is 25.3 Å². The Balaban J connectivity index is 2.16. The van der Waals surface area contributed by atoms with E-state index in [1.54, 1.807) is 0 Å². The Morgan fingerprint density at radius 3 is 2.93 bits per heavy atom. The Bertz CT molecular complexity index is 294. The second kappa shape index (κ2) is 3.96. The van der Waals surface area contributed by atoms with E-state index in [0.717, 1.165) is 0 Å². The van der Waals surface area contributed by atoms with Crippen molar-refractivity contribution in [2.75, 3.05) is 19.3 Å². The van der Waals surface area contributed by atoms with E-state index < -0.39 is 0 Å². The number of pyridine rings is 1. The van der Waals surface area contributed by atoms with E-state index in [-0.39, 0.29) is 0 Å². The third-order valence-electron chi connectivity index (χ3n) is 2.96. The van der Waals surface area contributed by atoms with Crippen LogP contribution in [0.2, 0.25) is 0 Å². The number of hydrogen-bond donors (Lipinski definition) is 1. The van der Waals surface area contributed by atoms with Gasteiger partial charge in [0, 0.05) is 12.2 Å². The van der Waals surface area contributed by atoms with E-state index >= 15 is 0 Å². The van der Waals surface area contributed by atoms with Gasteiger partial charge in [-0.05, 0) is 38.1 Å². The zero-order valence-electron chi connectivity index (χ0n) is 8.61. The quantitative estimate of drug-likeness (QED) is 0.736. The van der Waals surface area contributed by atoms with Crippen LogP contribution in [0.3, 0.4) is 0 Å². The number of nitrogens with two attached hydrogens (primary N) is 1. The van der Waals surface area contributed by atoms with Crippen LogP contribution in [0.4, 0.5) is 5.82 Å². The van der Waals surface area contributed by atoms with Gasteiger partial charge in [0.15, 0.2) is 0 Å². The molecule has 3 heteroatoms. The molecule has 0 amide bonds. The lowest BCUT2D eigenvalue weighted by Crippen LogP contribution is -2.29. The minimum Gasteiger partial charge on any atom is -0.384 e. The molecular formula is C11H17N3. The predicted octanol–water partition coefficient (Wildman–Crippen LogP) is 1.82. The fourth-order valence-corrected chi connectivity index (χ4v) is 2.11. The SMILES string of the molecule is CN1CCCCC1c1ccc(N)nc1. The Morgan fingerprint density at radius 1 is 1.43 bits per heavy atom. The van der Waals surface area contributed by atoms with Crippen molar-refractivity contribution in [2.24, 2.45) is 0 Å². The van der Waals surface area contributed by atoms with Crippen LogP contribution in [0, 0.1) is 0 Å². The van der Waals surface area contributed by atoms with Crippen molar-refractivity contribution in [3.63, 3.8) is 0 Å². The summed E-state index contributed by atoms with van der Waals surface area (Å²) >= 11 is 0. The first kappa shape index (κ1) is 9.46. The molecule has 2 rings (SSSR count). The second-order valence-corrected chi connectivity index (χ2v) is 4.01. The summed E-state index contributed by atoms with van der Waals surface area (Å²) in [6.07, 6.45) is 5.78. The highest BCUT2D eigenvalue weighted by molar-refractivity contribution is 5.30. The van der Waals surface area contributed by atoms with Crippen molar-refractivity contribution < 1.29 is 0 Å². The molecule has 0 aliphatic carbocycles. The third-order valence-corrected chi connectivity index (χ3v) is 2.96. The van der Waals surface area contributed by atoms with Gasteiger partial charge in [-0.2, -0.15) is 0 Å². The lowest BCUT2D eigenvalue weighted by molar-refractivity contribution is 0.187. The average Bonchev–Trinajstić information content (AvgIpc) is 2.20. The number of hydrogen-bond acceptors (Lipinski definition) is 3. The zero-order valence-corrected chi connectivity index (χ0v) is 8.61. The van der Waals surface area contributed by atoms with Crippen molar-refractivity contribution in [3.8, 4) is 0 Å². The minimum atomic E-state index is 0.539. The van der Waals surface area contributed by atoms with Gasteiger partial charge in [0.2, 0.25) is 0 Å². The summed E-state index contributed by atoms with van der Waals surface area (Å²) in [4.78, 5) is 6.54. The van der Waals surface area contributed by atoms with Crippen LogP contribution >= 0.6 is 0 Å². The summed E-state index contributed by atoms with van der Waals surface area (Å²) in [6, 6.07) is 4.52. The molecule has 14 heavy (non-hydrogen) atoms. The molecule has 1 atom stereocenters. The summed E-state index contributed by atoms with van der Waals surface area (Å²) in [5.41, 5.74) is 6.86. The Morgan fingerprint density at radius 2 is 2.29 bits per heavy atom. The molecule has 1 fully saturated rings. The second-order valence-electron chi connectivity index (χ2n) is 4.01. The summed E-state index contributed by atoms with van der Waals surface area (Å²) in [5, 5.41) is 0. The lowest BCUT2D eigenvalue weighted by Gasteiger charge is -2.32. The highest BCUT2D eigenvalue weighted by atomic mass is 15.1. The van der Waals surface area contributed by atoms with Crippen LogP contribution in [0.1, 0.15) is 30.9 Å². The maximum Gasteiger partial charge on any atom is 0.123 e. The van der Waals surface area contributed by atoms with E-state index in [4.69, 9.17) is 5.73 Å². The average molecular weight is 191 g/mol. The molecule has 0 spiro atoms. The van der Waals surface area contributed by atoms with Crippen LogP contribution in [0.5, 0.6) is 0 Å². The predicted molar refractivity (Wildman–Crippen MR) is 57.9 cm³/mol. The maximum absolute atomic E-state index is 5.57. The highest BCUT2D eigenvalue weighted by Crippen LogP contribution is 2.28. The molecular weight excluding hydrogens is 174 g/mol. The molecule has 2 N–H and O–H groups in total. The van der Waals surface area contributed by atoms with Crippen LogP contribution in [0.15, 0.2) is 18.3 Å². The van der Waals surface area contributed by atoms with Gasteiger partial charge in [-0.1, -0.05) is 12.5 Å². The smallest absolute Gasteiger partial charge is 0.123 e. The molecule has 0 radical (unpaired) electrons. The van der Waals surface area contributed by atoms with Crippen LogP contribution in [-0.4, -0.2) is 23.5 Å². The highest BCUT2D eigenvalue weighted by Gasteiger charge is 2.20. The van der Waals surface area contributed by atoms with Gasteiger partial charge in [-0.3, -0.25) is 4.90 Å². The van der Waals surface area contributed by atoms with Gasteiger partial charge >= 0.3 is 0 Å². The molecule has 76 valence electrons. The van der Waals surface area contributed by atoms with Crippen molar-refractivity contribution in [3.05, 3.63) is 23.9 Å². The van der Waals surface area contributed by atoms with Gasteiger partial charge in [0.25, 0.3) is 0 Å². The monoisotopic (exact) mass is 191 g/mol. The first-order valence-electron chi connectivity index (χ1n) is 5.19. The molecule has 1 aromatic rings. The molecule has 1 aliphatic heterocycles. The van der Waals surface area contributed by atoms with Crippen molar-refractivity contribution in [1.82, 2.24) is 9.88 Å². The number of likely N-dealkylation sites (tertiary alicyclic amines) is 1. The molecule has 3 nitrogen and oxygen atoms in total. The largest absolute Gasteiger partial charge is 0.384 e. The fourth-order valence-electron chi connectivity index (χ4n) is 2.11. The third kappa shape index (κ3) is 1.87. The topological polar surface area (TPSA) is 42.1 Å².